The van der Waals surface area contributed by atoms with E-state index in [0.717, 1.165) is 5.69 Å². The molecule has 0 atom stereocenters. The van der Waals surface area contributed by atoms with Gasteiger partial charge in [0.2, 0.25) is 0 Å². The molecule has 0 unspecified atom stereocenters. The average molecular weight is 241 g/mol. The van der Waals surface area contributed by atoms with Crippen LogP contribution in [0.4, 0.5) is 0 Å². The Labute approximate surface area is 96.7 Å². The number of carboxylic acids is 2. The Kier molecular flexibility index (Phi) is 7.57. The topological polar surface area (TPSA) is 114 Å². The zero-order chi connectivity index (χ0) is 13.1. The van der Waals surface area contributed by atoms with E-state index in [1.807, 2.05) is 18.2 Å². The normalized spacial score (nSPS) is 8.47. The highest BCUT2D eigenvalue weighted by Gasteiger charge is 2.04. The summed E-state index contributed by atoms with van der Waals surface area (Å²) in [5.74, 6) is -3.65. The molecule has 0 spiro atoms. The molecule has 1 heterocycles. The Morgan fingerprint density at radius 2 is 1.94 bits per heavy atom. The van der Waals surface area contributed by atoms with Gasteiger partial charge in [0.25, 0.3) is 6.47 Å². The van der Waals surface area contributed by atoms with Crippen LogP contribution in [-0.4, -0.2) is 40.2 Å². The number of hydrogen-bond donors (Lipinski definition) is 2. The first-order valence-corrected chi connectivity index (χ1v) is 4.49. The van der Waals surface area contributed by atoms with Crippen molar-refractivity contribution in [2.75, 3.05) is 6.61 Å². The van der Waals surface area contributed by atoms with Crippen molar-refractivity contribution >= 4 is 18.4 Å². The number of aliphatic carboxylic acids is 2. The number of ether oxygens (including phenoxy) is 1. The van der Waals surface area contributed by atoms with Crippen molar-refractivity contribution in [3.05, 3.63) is 30.1 Å². The number of nitrogens with zero attached hydrogens (tertiary/aromatic N) is 1. The standard InChI is InChI=1S/C8H9NO2.C2H2O4/c10-7-11-6-4-8-3-1-2-5-9-8;3-1(4)2(5)6/h1-3,5,7H,4,6H2;(H,3,4)(H,5,6). The van der Waals surface area contributed by atoms with Crippen LogP contribution in [0.15, 0.2) is 24.4 Å². The van der Waals surface area contributed by atoms with Crippen LogP contribution in [0.25, 0.3) is 0 Å². The second-order valence-corrected chi connectivity index (χ2v) is 2.65. The number of aromatic nitrogens is 1. The Morgan fingerprint density at radius 3 is 2.35 bits per heavy atom. The Bertz CT molecular complexity index is 352. The van der Waals surface area contributed by atoms with E-state index in [-0.39, 0.29) is 0 Å². The highest BCUT2D eigenvalue weighted by Crippen LogP contribution is 1.93. The average Bonchev–Trinajstić information content (AvgIpc) is 2.31. The van der Waals surface area contributed by atoms with E-state index in [0.29, 0.717) is 19.5 Å². The third-order valence-corrected chi connectivity index (χ3v) is 1.45. The predicted octanol–water partition coefficient (Wildman–Crippen LogP) is -0.0473. The molecule has 1 aromatic rings. The highest BCUT2D eigenvalue weighted by atomic mass is 16.5. The van der Waals surface area contributed by atoms with E-state index < -0.39 is 11.9 Å². The summed E-state index contributed by atoms with van der Waals surface area (Å²) >= 11 is 0. The fraction of sp³-hybridized carbons (Fsp3) is 0.200. The van der Waals surface area contributed by atoms with Gasteiger partial charge in [-0.1, -0.05) is 6.07 Å². The number of carboxylic acid groups (broad SMARTS) is 2. The van der Waals surface area contributed by atoms with Gasteiger partial charge >= 0.3 is 11.9 Å². The molecule has 1 rings (SSSR count). The molecule has 0 amide bonds. The number of carbonyl (C=O) groups excluding carboxylic acids is 1. The fourth-order valence-corrected chi connectivity index (χ4v) is 0.758. The van der Waals surface area contributed by atoms with Gasteiger partial charge in [-0.2, -0.15) is 0 Å². The molecule has 1 aromatic heterocycles. The summed E-state index contributed by atoms with van der Waals surface area (Å²) < 4.78 is 4.52. The summed E-state index contributed by atoms with van der Waals surface area (Å²) in [6, 6.07) is 5.65. The van der Waals surface area contributed by atoms with Crippen molar-refractivity contribution in [2.24, 2.45) is 0 Å². The minimum absolute atomic E-state index is 0.403. The molecular weight excluding hydrogens is 230 g/mol. The Balaban J connectivity index is 0.000000366. The van der Waals surface area contributed by atoms with Crippen molar-refractivity contribution in [2.45, 2.75) is 6.42 Å². The monoisotopic (exact) mass is 241 g/mol. The van der Waals surface area contributed by atoms with Gasteiger partial charge in [-0.15, -0.1) is 0 Å². The van der Waals surface area contributed by atoms with E-state index in [4.69, 9.17) is 19.8 Å². The number of hydrogen-bond acceptors (Lipinski definition) is 5. The van der Waals surface area contributed by atoms with Crippen LogP contribution >= 0.6 is 0 Å². The summed E-state index contributed by atoms with van der Waals surface area (Å²) in [7, 11) is 0. The first-order valence-electron chi connectivity index (χ1n) is 4.49. The lowest BCUT2D eigenvalue weighted by molar-refractivity contribution is -0.159. The SMILES string of the molecule is O=C(O)C(=O)O.O=COCCc1ccccn1. The lowest BCUT2D eigenvalue weighted by atomic mass is 10.3. The molecule has 0 aliphatic carbocycles. The minimum Gasteiger partial charge on any atom is -0.473 e. The summed E-state index contributed by atoms with van der Waals surface area (Å²) in [6.45, 7) is 0.851. The van der Waals surface area contributed by atoms with Crippen LogP contribution in [-0.2, 0) is 25.5 Å². The van der Waals surface area contributed by atoms with Gasteiger partial charge in [0.05, 0.1) is 6.61 Å². The van der Waals surface area contributed by atoms with Gasteiger partial charge in [0.1, 0.15) is 0 Å². The van der Waals surface area contributed by atoms with Crippen LogP contribution < -0.4 is 0 Å². The molecule has 0 saturated carbocycles. The van der Waals surface area contributed by atoms with Crippen LogP contribution in [0.3, 0.4) is 0 Å². The molecule has 0 aliphatic rings. The first-order chi connectivity index (χ1) is 8.07. The van der Waals surface area contributed by atoms with Crippen molar-refractivity contribution in [1.82, 2.24) is 4.98 Å². The summed E-state index contributed by atoms with van der Waals surface area (Å²) in [4.78, 5) is 32.0. The van der Waals surface area contributed by atoms with Crippen molar-refractivity contribution in [3.63, 3.8) is 0 Å². The van der Waals surface area contributed by atoms with Gasteiger partial charge in [-0.05, 0) is 12.1 Å². The molecule has 7 nitrogen and oxygen atoms in total. The molecule has 0 aromatic carbocycles. The first kappa shape index (κ1) is 14.6. The van der Waals surface area contributed by atoms with E-state index >= 15 is 0 Å². The number of pyridine rings is 1. The summed E-state index contributed by atoms with van der Waals surface area (Å²) in [5.41, 5.74) is 0.939. The quantitative estimate of drug-likeness (QED) is 0.431. The van der Waals surface area contributed by atoms with E-state index in [1.54, 1.807) is 6.20 Å². The van der Waals surface area contributed by atoms with Crippen LogP contribution in [0.1, 0.15) is 5.69 Å². The van der Waals surface area contributed by atoms with Gasteiger partial charge in [0.15, 0.2) is 0 Å². The maximum absolute atomic E-state index is 9.75. The zero-order valence-electron chi connectivity index (χ0n) is 8.78. The number of carbonyl (C=O) groups is 3. The highest BCUT2D eigenvalue weighted by molar-refractivity contribution is 6.27. The predicted molar refractivity (Wildman–Crippen MR) is 55.2 cm³/mol. The zero-order valence-corrected chi connectivity index (χ0v) is 8.78. The van der Waals surface area contributed by atoms with Gasteiger partial charge in [-0.3, -0.25) is 9.78 Å². The minimum atomic E-state index is -1.82. The van der Waals surface area contributed by atoms with E-state index in [2.05, 4.69) is 9.72 Å². The molecule has 0 saturated heterocycles. The van der Waals surface area contributed by atoms with Crippen molar-refractivity contribution in [1.29, 1.82) is 0 Å². The van der Waals surface area contributed by atoms with E-state index in [9.17, 15) is 4.79 Å². The molecule has 2 N–H and O–H groups in total. The van der Waals surface area contributed by atoms with Gasteiger partial charge in [-0.25, -0.2) is 9.59 Å². The summed E-state index contributed by atoms with van der Waals surface area (Å²) in [6.07, 6.45) is 2.40. The van der Waals surface area contributed by atoms with Crippen molar-refractivity contribution in [3.8, 4) is 0 Å². The van der Waals surface area contributed by atoms with Gasteiger partial charge < -0.3 is 14.9 Å². The molecule has 0 fully saturated rings. The molecule has 0 radical (unpaired) electrons. The third kappa shape index (κ3) is 8.55. The van der Waals surface area contributed by atoms with Crippen molar-refractivity contribution < 1.29 is 29.3 Å². The van der Waals surface area contributed by atoms with Crippen LogP contribution in [0.2, 0.25) is 0 Å². The lowest BCUT2D eigenvalue weighted by Crippen LogP contribution is -2.09. The number of rotatable bonds is 4. The second-order valence-electron chi connectivity index (χ2n) is 2.65. The second kappa shape index (κ2) is 8.84. The molecule has 0 aliphatic heterocycles. The molecule has 92 valence electrons. The maximum Gasteiger partial charge on any atom is 0.414 e. The summed E-state index contributed by atoms with van der Waals surface area (Å²) in [5, 5.41) is 14.8. The third-order valence-electron chi connectivity index (χ3n) is 1.45. The van der Waals surface area contributed by atoms with E-state index in [1.165, 1.54) is 0 Å². The molecule has 17 heavy (non-hydrogen) atoms. The fourth-order valence-electron chi connectivity index (χ4n) is 0.758. The Hall–Kier alpha value is -2.44. The maximum atomic E-state index is 9.75. The Morgan fingerprint density at radius 1 is 1.29 bits per heavy atom. The molecule has 7 heteroatoms. The van der Waals surface area contributed by atoms with Crippen LogP contribution in [0, 0.1) is 0 Å². The molecular formula is C10H11NO6. The van der Waals surface area contributed by atoms with Crippen LogP contribution in [0.5, 0.6) is 0 Å². The molecule has 0 bridgehead atoms. The largest absolute Gasteiger partial charge is 0.473 e. The lowest BCUT2D eigenvalue weighted by Gasteiger charge is -1.96. The van der Waals surface area contributed by atoms with Gasteiger partial charge in [0, 0.05) is 18.3 Å². The smallest absolute Gasteiger partial charge is 0.414 e.